The summed E-state index contributed by atoms with van der Waals surface area (Å²) >= 11 is 0. The number of benzene rings is 1. The molecule has 0 aliphatic heterocycles. The van der Waals surface area contributed by atoms with Crippen molar-refractivity contribution < 1.29 is 14.6 Å². The Labute approximate surface area is 96.1 Å². The number of carboxylic acid groups (broad SMARTS) is 1. The summed E-state index contributed by atoms with van der Waals surface area (Å²) in [7, 11) is 0. The van der Waals surface area contributed by atoms with E-state index in [4.69, 9.17) is 5.11 Å². The van der Waals surface area contributed by atoms with Crippen LogP contribution in [0.3, 0.4) is 0 Å². The standard InChI is InChI=1S/C7H6O3.C6H12/c8-7(9)10-6-4-2-1-3-5-6;1-2-4-6-5-3-1/h1-5H,(H,8,9);1-6H2. The lowest BCUT2D eigenvalue weighted by molar-refractivity contribution is 0.144. The van der Waals surface area contributed by atoms with Crippen molar-refractivity contribution in [1.82, 2.24) is 0 Å². The topological polar surface area (TPSA) is 46.5 Å². The maximum Gasteiger partial charge on any atom is 0.511 e. The van der Waals surface area contributed by atoms with Crippen molar-refractivity contribution in [1.29, 1.82) is 0 Å². The summed E-state index contributed by atoms with van der Waals surface area (Å²) in [5, 5.41) is 8.14. The summed E-state index contributed by atoms with van der Waals surface area (Å²) < 4.78 is 4.33. The van der Waals surface area contributed by atoms with Gasteiger partial charge in [0.2, 0.25) is 0 Å². The maximum atomic E-state index is 9.95. The van der Waals surface area contributed by atoms with E-state index in [1.807, 2.05) is 0 Å². The second-order valence-corrected chi connectivity index (χ2v) is 3.80. The molecule has 1 aromatic rings. The van der Waals surface area contributed by atoms with Crippen LogP contribution < -0.4 is 4.74 Å². The van der Waals surface area contributed by atoms with Gasteiger partial charge in [0.25, 0.3) is 0 Å². The van der Waals surface area contributed by atoms with Crippen LogP contribution in [-0.4, -0.2) is 11.3 Å². The number of hydrogen-bond acceptors (Lipinski definition) is 2. The number of ether oxygens (including phenoxy) is 1. The zero-order valence-corrected chi connectivity index (χ0v) is 9.39. The summed E-state index contributed by atoms with van der Waals surface area (Å²) in [5.41, 5.74) is 0. The lowest BCUT2D eigenvalue weighted by Crippen LogP contribution is -2.02. The summed E-state index contributed by atoms with van der Waals surface area (Å²) in [5.74, 6) is 0.343. The van der Waals surface area contributed by atoms with Crippen LogP contribution in [0.5, 0.6) is 5.75 Å². The van der Waals surface area contributed by atoms with E-state index < -0.39 is 6.16 Å². The Balaban J connectivity index is 0.000000181. The van der Waals surface area contributed by atoms with Gasteiger partial charge in [0.05, 0.1) is 0 Å². The number of carbonyl (C=O) groups is 1. The smallest absolute Gasteiger partial charge is 0.449 e. The first-order chi connectivity index (χ1) is 7.79. The molecule has 3 heteroatoms. The maximum absolute atomic E-state index is 9.95. The summed E-state index contributed by atoms with van der Waals surface area (Å²) in [4.78, 5) is 9.95. The molecule has 0 saturated heterocycles. The molecule has 0 heterocycles. The molecule has 0 unspecified atom stereocenters. The molecule has 0 spiro atoms. The fraction of sp³-hybridized carbons (Fsp3) is 0.462. The Morgan fingerprint density at radius 3 is 1.75 bits per heavy atom. The molecule has 2 rings (SSSR count). The van der Waals surface area contributed by atoms with Crippen molar-refractivity contribution in [2.75, 3.05) is 0 Å². The zero-order valence-electron chi connectivity index (χ0n) is 9.39. The molecule has 1 aromatic carbocycles. The highest BCUT2D eigenvalue weighted by molar-refractivity contribution is 5.60. The van der Waals surface area contributed by atoms with Crippen molar-refractivity contribution in [2.45, 2.75) is 38.5 Å². The molecule has 0 amide bonds. The molecule has 88 valence electrons. The molecule has 1 saturated carbocycles. The molecule has 1 N–H and O–H groups in total. The van der Waals surface area contributed by atoms with Gasteiger partial charge in [0.15, 0.2) is 0 Å². The predicted octanol–water partition coefficient (Wildman–Crippen LogP) is 4.08. The minimum atomic E-state index is -1.29. The van der Waals surface area contributed by atoms with E-state index in [1.54, 1.807) is 30.3 Å². The first-order valence-corrected chi connectivity index (χ1v) is 5.75. The normalized spacial score (nSPS) is 14.5. The second-order valence-electron chi connectivity index (χ2n) is 3.80. The minimum Gasteiger partial charge on any atom is -0.449 e. The molecule has 0 radical (unpaired) electrons. The van der Waals surface area contributed by atoms with Crippen molar-refractivity contribution >= 4 is 6.16 Å². The largest absolute Gasteiger partial charge is 0.511 e. The highest BCUT2D eigenvalue weighted by Gasteiger charge is 1.96. The van der Waals surface area contributed by atoms with E-state index >= 15 is 0 Å². The van der Waals surface area contributed by atoms with Gasteiger partial charge in [-0.3, -0.25) is 0 Å². The molecule has 0 atom stereocenters. The third kappa shape index (κ3) is 6.06. The fourth-order valence-electron chi connectivity index (χ4n) is 1.65. The fourth-order valence-corrected chi connectivity index (χ4v) is 1.65. The first kappa shape index (κ1) is 12.6. The highest BCUT2D eigenvalue weighted by atomic mass is 16.7. The zero-order chi connectivity index (χ0) is 11.6. The average molecular weight is 222 g/mol. The first-order valence-electron chi connectivity index (χ1n) is 5.75. The minimum absolute atomic E-state index is 0.343. The van der Waals surface area contributed by atoms with E-state index in [2.05, 4.69) is 4.74 Å². The second kappa shape index (κ2) is 7.74. The van der Waals surface area contributed by atoms with Gasteiger partial charge in [-0.15, -0.1) is 0 Å². The van der Waals surface area contributed by atoms with Gasteiger partial charge in [-0.1, -0.05) is 56.7 Å². The van der Waals surface area contributed by atoms with Crippen LogP contribution in [0.25, 0.3) is 0 Å². The van der Waals surface area contributed by atoms with Crippen molar-refractivity contribution in [3.63, 3.8) is 0 Å². The van der Waals surface area contributed by atoms with Crippen LogP contribution in [0, 0.1) is 0 Å². The van der Waals surface area contributed by atoms with Gasteiger partial charge >= 0.3 is 6.16 Å². The third-order valence-electron chi connectivity index (χ3n) is 2.45. The molecule has 0 bridgehead atoms. The van der Waals surface area contributed by atoms with Crippen molar-refractivity contribution in [3.8, 4) is 5.75 Å². The molecule has 1 aliphatic carbocycles. The van der Waals surface area contributed by atoms with Crippen LogP contribution in [0.1, 0.15) is 38.5 Å². The molecular formula is C13H18O3. The Bertz CT molecular complexity index is 280. The van der Waals surface area contributed by atoms with Gasteiger partial charge in [-0.25, -0.2) is 4.79 Å². The summed E-state index contributed by atoms with van der Waals surface area (Å²) in [6, 6.07) is 8.35. The lowest BCUT2D eigenvalue weighted by atomic mass is 10.0. The summed E-state index contributed by atoms with van der Waals surface area (Å²) in [6.07, 6.45) is 7.71. The average Bonchev–Trinajstić information content (AvgIpc) is 2.32. The van der Waals surface area contributed by atoms with Crippen LogP contribution in [0.4, 0.5) is 4.79 Å². The van der Waals surface area contributed by atoms with Gasteiger partial charge < -0.3 is 9.84 Å². The van der Waals surface area contributed by atoms with Crippen molar-refractivity contribution in [2.24, 2.45) is 0 Å². The Kier molecular flexibility index (Phi) is 6.07. The molecule has 1 fully saturated rings. The Hall–Kier alpha value is -1.51. The molecule has 0 aromatic heterocycles. The molecular weight excluding hydrogens is 204 g/mol. The summed E-state index contributed by atoms with van der Waals surface area (Å²) in [6.45, 7) is 0. The van der Waals surface area contributed by atoms with E-state index in [0.29, 0.717) is 5.75 Å². The Morgan fingerprint density at radius 1 is 0.938 bits per heavy atom. The van der Waals surface area contributed by atoms with Crippen LogP contribution in [-0.2, 0) is 0 Å². The van der Waals surface area contributed by atoms with Crippen LogP contribution in [0.2, 0.25) is 0 Å². The third-order valence-corrected chi connectivity index (χ3v) is 2.45. The molecule has 3 nitrogen and oxygen atoms in total. The van der Waals surface area contributed by atoms with E-state index in [-0.39, 0.29) is 0 Å². The van der Waals surface area contributed by atoms with E-state index in [0.717, 1.165) is 0 Å². The van der Waals surface area contributed by atoms with E-state index in [1.165, 1.54) is 38.5 Å². The molecule has 1 aliphatic rings. The number of para-hydroxylation sites is 1. The van der Waals surface area contributed by atoms with Crippen LogP contribution >= 0.6 is 0 Å². The van der Waals surface area contributed by atoms with E-state index in [9.17, 15) is 4.79 Å². The SMILES string of the molecule is C1CCCCC1.O=C(O)Oc1ccccc1. The number of rotatable bonds is 1. The monoisotopic (exact) mass is 222 g/mol. The van der Waals surface area contributed by atoms with Gasteiger partial charge in [-0.05, 0) is 12.1 Å². The van der Waals surface area contributed by atoms with Gasteiger partial charge in [-0.2, -0.15) is 0 Å². The predicted molar refractivity (Wildman–Crippen MR) is 62.8 cm³/mol. The van der Waals surface area contributed by atoms with Crippen LogP contribution in [0.15, 0.2) is 30.3 Å². The van der Waals surface area contributed by atoms with Gasteiger partial charge in [0.1, 0.15) is 5.75 Å². The Morgan fingerprint density at radius 2 is 1.38 bits per heavy atom. The quantitative estimate of drug-likeness (QED) is 0.575. The number of hydrogen-bond donors (Lipinski definition) is 1. The lowest BCUT2D eigenvalue weighted by Gasteiger charge is -2.05. The highest BCUT2D eigenvalue weighted by Crippen LogP contribution is 2.15. The molecule has 16 heavy (non-hydrogen) atoms. The van der Waals surface area contributed by atoms with Crippen molar-refractivity contribution in [3.05, 3.63) is 30.3 Å². The van der Waals surface area contributed by atoms with Gasteiger partial charge in [0, 0.05) is 0 Å².